The first-order valence-electron chi connectivity index (χ1n) is 5.46. The van der Waals surface area contributed by atoms with Crippen LogP contribution in [0.3, 0.4) is 0 Å². The SMILES string of the molecule is CC(=Cc1cc(Br)cs1)CC1COCCN1. The van der Waals surface area contributed by atoms with Crippen molar-refractivity contribution in [2.75, 3.05) is 19.8 Å². The normalized spacial score (nSPS) is 22.4. The van der Waals surface area contributed by atoms with Crippen molar-refractivity contribution in [1.29, 1.82) is 0 Å². The number of rotatable bonds is 3. The second-order valence-corrected chi connectivity index (χ2v) is 5.95. The van der Waals surface area contributed by atoms with Crippen LogP contribution in [0.25, 0.3) is 6.08 Å². The van der Waals surface area contributed by atoms with E-state index in [9.17, 15) is 0 Å². The van der Waals surface area contributed by atoms with Gasteiger partial charge in [0.1, 0.15) is 0 Å². The summed E-state index contributed by atoms with van der Waals surface area (Å²) < 4.78 is 6.61. The Morgan fingerprint density at radius 3 is 3.25 bits per heavy atom. The maximum Gasteiger partial charge on any atom is 0.0623 e. The molecule has 1 atom stereocenters. The van der Waals surface area contributed by atoms with Gasteiger partial charge in [-0.1, -0.05) is 5.57 Å². The number of morpholine rings is 1. The first kappa shape index (κ1) is 12.3. The molecule has 1 saturated heterocycles. The van der Waals surface area contributed by atoms with Gasteiger partial charge in [0.15, 0.2) is 0 Å². The van der Waals surface area contributed by atoms with E-state index in [4.69, 9.17) is 4.74 Å². The molecule has 4 heteroatoms. The number of nitrogens with one attached hydrogen (secondary N) is 1. The summed E-state index contributed by atoms with van der Waals surface area (Å²) >= 11 is 5.23. The van der Waals surface area contributed by atoms with Gasteiger partial charge in [-0.3, -0.25) is 0 Å². The molecule has 0 saturated carbocycles. The van der Waals surface area contributed by atoms with E-state index in [0.717, 1.165) is 30.7 Å². The molecule has 88 valence electrons. The minimum absolute atomic E-state index is 0.480. The van der Waals surface area contributed by atoms with Crippen molar-refractivity contribution in [2.24, 2.45) is 0 Å². The Labute approximate surface area is 109 Å². The quantitative estimate of drug-likeness (QED) is 0.925. The Morgan fingerprint density at radius 1 is 1.75 bits per heavy atom. The molecule has 0 spiro atoms. The molecule has 1 aliphatic rings. The first-order chi connectivity index (χ1) is 7.74. The fraction of sp³-hybridized carbons (Fsp3) is 0.500. The van der Waals surface area contributed by atoms with Crippen LogP contribution in [0.4, 0.5) is 0 Å². The van der Waals surface area contributed by atoms with Crippen molar-refractivity contribution in [3.05, 3.63) is 26.4 Å². The summed E-state index contributed by atoms with van der Waals surface area (Å²) in [6.07, 6.45) is 3.32. The Morgan fingerprint density at radius 2 is 2.62 bits per heavy atom. The van der Waals surface area contributed by atoms with Crippen molar-refractivity contribution in [1.82, 2.24) is 5.32 Å². The van der Waals surface area contributed by atoms with Gasteiger partial charge in [-0.15, -0.1) is 11.3 Å². The third-order valence-electron chi connectivity index (χ3n) is 2.54. The summed E-state index contributed by atoms with van der Waals surface area (Å²) in [4.78, 5) is 1.31. The van der Waals surface area contributed by atoms with E-state index in [2.05, 4.69) is 45.7 Å². The molecule has 0 bridgehead atoms. The predicted octanol–water partition coefficient (Wildman–Crippen LogP) is 3.29. The molecular formula is C12H16BrNOS. The summed E-state index contributed by atoms with van der Waals surface area (Å²) in [5.41, 5.74) is 1.40. The van der Waals surface area contributed by atoms with E-state index < -0.39 is 0 Å². The molecule has 0 aliphatic carbocycles. The van der Waals surface area contributed by atoms with Crippen LogP contribution >= 0.6 is 27.3 Å². The van der Waals surface area contributed by atoms with Gasteiger partial charge in [0, 0.05) is 27.3 Å². The van der Waals surface area contributed by atoms with Gasteiger partial charge >= 0.3 is 0 Å². The zero-order chi connectivity index (χ0) is 11.4. The van der Waals surface area contributed by atoms with Crippen molar-refractivity contribution >= 4 is 33.3 Å². The Balaban J connectivity index is 1.91. The number of hydrogen-bond donors (Lipinski definition) is 1. The third-order valence-corrected chi connectivity index (χ3v) is 4.18. The van der Waals surface area contributed by atoms with Crippen molar-refractivity contribution < 1.29 is 4.74 Å². The van der Waals surface area contributed by atoms with Crippen LogP contribution in [0.5, 0.6) is 0 Å². The van der Waals surface area contributed by atoms with Crippen LogP contribution in [0.2, 0.25) is 0 Å². The van der Waals surface area contributed by atoms with Gasteiger partial charge in [0.2, 0.25) is 0 Å². The summed E-state index contributed by atoms with van der Waals surface area (Å²) in [5, 5.41) is 5.58. The predicted molar refractivity (Wildman–Crippen MR) is 72.9 cm³/mol. The van der Waals surface area contributed by atoms with Crippen LogP contribution in [-0.4, -0.2) is 25.8 Å². The Kier molecular flexibility index (Phi) is 4.58. The number of hydrogen-bond acceptors (Lipinski definition) is 3. The molecule has 16 heavy (non-hydrogen) atoms. The lowest BCUT2D eigenvalue weighted by molar-refractivity contribution is 0.0771. The standard InChI is InChI=1S/C12H16BrNOS/c1-9(4-11-7-15-3-2-14-11)5-12-6-10(13)8-16-12/h5-6,8,11,14H,2-4,7H2,1H3. The maximum atomic E-state index is 5.44. The molecule has 2 nitrogen and oxygen atoms in total. The Bertz CT molecular complexity index is 369. The van der Waals surface area contributed by atoms with Gasteiger partial charge in [-0.05, 0) is 41.4 Å². The maximum absolute atomic E-state index is 5.44. The number of ether oxygens (including phenoxy) is 1. The van der Waals surface area contributed by atoms with Gasteiger partial charge in [0.25, 0.3) is 0 Å². The van der Waals surface area contributed by atoms with Gasteiger partial charge < -0.3 is 10.1 Å². The van der Waals surface area contributed by atoms with Crippen LogP contribution in [-0.2, 0) is 4.74 Å². The third kappa shape index (κ3) is 3.70. The molecular weight excluding hydrogens is 286 g/mol. The van der Waals surface area contributed by atoms with Crippen LogP contribution < -0.4 is 5.32 Å². The van der Waals surface area contributed by atoms with E-state index in [-0.39, 0.29) is 0 Å². The molecule has 0 aromatic carbocycles. The fourth-order valence-corrected chi connectivity index (χ4v) is 3.30. The molecule has 1 aromatic rings. The van der Waals surface area contributed by atoms with E-state index in [0.29, 0.717) is 6.04 Å². The summed E-state index contributed by atoms with van der Waals surface area (Å²) in [7, 11) is 0. The summed E-state index contributed by atoms with van der Waals surface area (Å²) in [6.45, 7) is 4.84. The van der Waals surface area contributed by atoms with Gasteiger partial charge in [-0.25, -0.2) is 0 Å². The van der Waals surface area contributed by atoms with Crippen molar-refractivity contribution in [3.8, 4) is 0 Å². The molecule has 1 fully saturated rings. The fourth-order valence-electron chi connectivity index (χ4n) is 1.85. The average Bonchev–Trinajstić information content (AvgIpc) is 2.65. The van der Waals surface area contributed by atoms with Crippen LogP contribution in [0.15, 0.2) is 21.5 Å². The lowest BCUT2D eigenvalue weighted by atomic mass is 10.1. The van der Waals surface area contributed by atoms with E-state index in [1.165, 1.54) is 10.5 Å². The number of halogens is 1. The Hall–Kier alpha value is -0.160. The van der Waals surface area contributed by atoms with Crippen LogP contribution in [0.1, 0.15) is 18.2 Å². The average molecular weight is 302 g/mol. The lowest BCUT2D eigenvalue weighted by Crippen LogP contribution is -2.41. The smallest absolute Gasteiger partial charge is 0.0623 e. The van der Waals surface area contributed by atoms with Crippen molar-refractivity contribution in [3.63, 3.8) is 0 Å². The molecule has 1 unspecified atom stereocenters. The largest absolute Gasteiger partial charge is 0.379 e. The zero-order valence-corrected chi connectivity index (χ0v) is 11.7. The summed E-state index contributed by atoms with van der Waals surface area (Å²) in [5.74, 6) is 0. The molecule has 0 amide bonds. The molecule has 1 aromatic heterocycles. The second-order valence-electron chi connectivity index (χ2n) is 4.09. The molecule has 0 radical (unpaired) electrons. The highest BCUT2D eigenvalue weighted by molar-refractivity contribution is 9.10. The highest BCUT2D eigenvalue weighted by atomic mass is 79.9. The topological polar surface area (TPSA) is 21.3 Å². The first-order valence-corrected chi connectivity index (χ1v) is 7.13. The molecule has 1 aliphatic heterocycles. The zero-order valence-electron chi connectivity index (χ0n) is 9.33. The summed E-state index contributed by atoms with van der Waals surface area (Å²) in [6, 6.07) is 2.63. The van der Waals surface area contributed by atoms with Gasteiger partial charge in [-0.2, -0.15) is 0 Å². The highest BCUT2D eigenvalue weighted by Gasteiger charge is 2.12. The van der Waals surface area contributed by atoms with Crippen LogP contribution in [0, 0.1) is 0 Å². The van der Waals surface area contributed by atoms with E-state index in [1.54, 1.807) is 11.3 Å². The number of thiophene rings is 1. The highest BCUT2D eigenvalue weighted by Crippen LogP contribution is 2.23. The molecule has 2 heterocycles. The monoisotopic (exact) mass is 301 g/mol. The van der Waals surface area contributed by atoms with Gasteiger partial charge in [0.05, 0.1) is 13.2 Å². The second kappa shape index (κ2) is 5.96. The van der Waals surface area contributed by atoms with E-state index in [1.807, 2.05) is 0 Å². The molecule has 2 rings (SSSR count). The minimum atomic E-state index is 0.480. The lowest BCUT2D eigenvalue weighted by Gasteiger charge is -2.23. The van der Waals surface area contributed by atoms with E-state index >= 15 is 0 Å². The minimum Gasteiger partial charge on any atom is -0.379 e. The molecule has 1 N–H and O–H groups in total. The van der Waals surface area contributed by atoms with Crippen molar-refractivity contribution in [2.45, 2.75) is 19.4 Å².